The summed E-state index contributed by atoms with van der Waals surface area (Å²) in [6.45, 7) is 3.78. The summed E-state index contributed by atoms with van der Waals surface area (Å²) in [5, 5.41) is 0.386. The number of hydrogen-bond acceptors (Lipinski definition) is 4. The lowest BCUT2D eigenvalue weighted by molar-refractivity contribution is -0.137. The van der Waals surface area contributed by atoms with Crippen molar-refractivity contribution in [3.8, 4) is 11.3 Å². The highest BCUT2D eigenvalue weighted by atomic mass is 35.5. The van der Waals surface area contributed by atoms with Gasteiger partial charge in [0.15, 0.2) is 5.13 Å². The van der Waals surface area contributed by atoms with Gasteiger partial charge in [-0.15, -0.1) is 11.3 Å². The van der Waals surface area contributed by atoms with E-state index in [4.69, 9.17) is 17.3 Å². The molecule has 0 bridgehead atoms. The minimum atomic E-state index is -4.46. The molecule has 25 heavy (non-hydrogen) atoms. The average Bonchev–Trinajstić information content (AvgIpc) is 2.89. The maximum atomic E-state index is 13.1. The van der Waals surface area contributed by atoms with Crippen LogP contribution < -0.4 is 5.73 Å². The molecule has 1 saturated heterocycles. The van der Waals surface area contributed by atoms with Crippen LogP contribution in [-0.4, -0.2) is 22.5 Å². The highest BCUT2D eigenvalue weighted by Crippen LogP contribution is 2.38. The Hall–Kier alpha value is -1.31. The summed E-state index contributed by atoms with van der Waals surface area (Å²) in [6.07, 6.45) is -0.996. The van der Waals surface area contributed by atoms with Gasteiger partial charge in [0.05, 0.1) is 11.3 Å². The van der Waals surface area contributed by atoms with E-state index in [9.17, 15) is 13.2 Å². The maximum absolute atomic E-state index is 13.1. The molecule has 1 aliphatic rings. The molecule has 3 rings (SSSR count). The first-order valence-electron chi connectivity index (χ1n) is 8.11. The van der Waals surface area contributed by atoms with E-state index in [2.05, 4.69) is 16.8 Å². The van der Waals surface area contributed by atoms with Gasteiger partial charge in [-0.25, -0.2) is 4.98 Å². The van der Waals surface area contributed by atoms with Crippen LogP contribution in [0.5, 0.6) is 0 Å². The summed E-state index contributed by atoms with van der Waals surface area (Å²) in [5.41, 5.74) is 5.92. The quantitative estimate of drug-likeness (QED) is 0.760. The fourth-order valence-electron chi connectivity index (χ4n) is 3.17. The molecule has 2 aromatic rings. The predicted molar refractivity (Wildman–Crippen MR) is 95.7 cm³/mol. The Labute approximate surface area is 153 Å². The lowest BCUT2D eigenvalue weighted by Crippen LogP contribution is -2.36. The first-order chi connectivity index (χ1) is 11.7. The Kier molecular flexibility index (Phi) is 5.27. The molecule has 1 aromatic carbocycles. The second-order valence-electron chi connectivity index (χ2n) is 6.37. The van der Waals surface area contributed by atoms with Crippen LogP contribution in [0.4, 0.5) is 18.3 Å². The Morgan fingerprint density at radius 2 is 2.08 bits per heavy atom. The predicted octanol–water partition coefficient (Wildman–Crippen LogP) is 5.44. The third-order valence-electron chi connectivity index (χ3n) is 4.50. The number of nitrogens with zero attached hydrogens (tertiary/aromatic N) is 2. The molecule has 3 nitrogen and oxygen atoms in total. The number of rotatable bonds is 3. The summed E-state index contributed by atoms with van der Waals surface area (Å²) < 4.78 is 39.3. The van der Waals surface area contributed by atoms with Crippen LogP contribution >= 0.6 is 22.9 Å². The van der Waals surface area contributed by atoms with Crippen molar-refractivity contribution < 1.29 is 13.2 Å². The molecule has 0 aliphatic carbocycles. The zero-order valence-electron chi connectivity index (χ0n) is 13.7. The Balaban J connectivity index is 1.97. The second-order valence-corrected chi connectivity index (χ2v) is 7.92. The van der Waals surface area contributed by atoms with E-state index in [0.717, 1.165) is 36.4 Å². The third-order valence-corrected chi connectivity index (χ3v) is 5.59. The van der Waals surface area contributed by atoms with Crippen LogP contribution in [0.15, 0.2) is 18.2 Å². The summed E-state index contributed by atoms with van der Waals surface area (Å²) >= 11 is 7.24. The van der Waals surface area contributed by atoms with E-state index in [-0.39, 0.29) is 5.02 Å². The van der Waals surface area contributed by atoms with E-state index in [1.807, 2.05) is 0 Å². The number of nitrogens with two attached hydrogens (primary N) is 1. The van der Waals surface area contributed by atoms with Crippen molar-refractivity contribution in [3.05, 3.63) is 33.7 Å². The van der Waals surface area contributed by atoms with Gasteiger partial charge in [-0.05, 0) is 44.5 Å². The highest BCUT2D eigenvalue weighted by molar-refractivity contribution is 7.15. The molecule has 2 N–H and O–H groups in total. The van der Waals surface area contributed by atoms with Crippen molar-refractivity contribution in [1.29, 1.82) is 0 Å². The Bertz CT molecular complexity index is 760. The average molecular weight is 390 g/mol. The number of aromatic nitrogens is 1. The number of halogens is 4. The highest BCUT2D eigenvalue weighted by Gasteiger charge is 2.32. The van der Waals surface area contributed by atoms with Gasteiger partial charge in [0.1, 0.15) is 0 Å². The molecule has 8 heteroatoms. The van der Waals surface area contributed by atoms with Gasteiger partial charge in [0, 0.05) is 28.0 Å². The largest absolute Gasteiger partial charge is 0.416 e. The van der Waals surface area contributed by atoms with Crippen molar-refractivity contribution in [3.63, 3.8) is 0 Å². The fourth-order valence-corrected chi connectivity index (χ4v) is 4.28. The lowest BCUT2D eigenvalue weighted by atomic mass is 10.0. The van der Waals surface area contributed by atoms with Crippen molar-refractivity contribution in [1.82, 2.24) is 9.88 Å². The van der Waals surface area contributed by atoms with Gasteiger partial charge in [0.2, 0.25) is 0 Å². The number of hydrogen-bond donors (Lipinski definition) is 1. The molecular formula is C17H19ClF3N3S. The van der Waals surface area contributed by atoms with Crippen molar-refractivity contribution in [2.75, 3.05) is 12.3 Å². The summed E-state index contributed by atoms with van der Waals surface area (Å²) in [7, 11) is 0. The smallest absolute Gasteiger partial charge is 0.375 e. The topological polar surface area (TPSA) is 42.1 Å². The molecule has 1 atom stereocenters. The van der Waals surface area contributed by atoms with Crippen LogP contribution in [0.2, 0.25) is 5.02 Å². The SMILES string of the molecule is C[C@@H]1CCCCN1Cc1sc(N)nc1-c1cc(Cl)cc(C(F)(F)F)c1. The molecule has 136 valence electrons. The van der Waals surface area contributed by atoms with Crippen molar-refractivity contribution in [2.24, 2.45) is 0 Å². The molecule has 0 saturated carbocycles. The first-order valence-corrected chi connectivity index (χ1v) is 9.31. The fraction of sp³-hybridized carbons (Fsp3) is 0.471. The monoisotopic (exact) mass is 389 g/mol. The molecule has 2 heterocycles. The molecule has 1 fully saturated rings. The van der Waals surface area contributed by atoms with Gasteiger partial charge in [0.25, 0.3) is 0 Å². The molecule has 0 spiro atoms. The Morgan fingerprint density at radius 1 is 1.32 bits per heavy atom. The number of alkyl halides is 3. The minimum Gasteiger partial charge on any atom is -0.375 e. The number of nitrogen functional groups attached to an aromatic ring is 1. The van der Waals surface area contributed by atoms with Crippen LogP contribution in [0.3, 0.4) is 0 Å². The van der Waals surface area contributed by atoms with Crippen LogP contribution in [-0.2, 0) is 12.7 Å². The standard InChI is InChI=1S/C17H19ClF3N3S/c1-10-4-2-3-5-24(10)9-14-15(23-16(22)25-14)11-6-12(17(19,20)21)8-13(18)7-11/h6-8,10H,2-5,9H2,1H3,(H2,22,23)/t10-/m1/s1. The number of benzene rings is 1. The van der Waals surface area contributed by atoms with Gasteiger partial charge < -0.3 is 5.73 Å². The molecule has 1 aliphatic heterocycles. The molecule has 1 aromatic heterocycles. The zero-order chi connectivity index (χ0) is 18.2. The molecule has 0 unspecified atom stereocenters. The van der Waals surface area contributed by atoms with Crippen LogP contribution in [0.25, 0.3) is 11.3 Å². The van der Waals surface area contributed by atoms with Gasteiger partial charge >= 0.3 is 6.18 Å². The van der Waals surface area contributed by atoms with Gasteiger partial charge in [-0.1, -0.05) is 18.0 Å². The second kappa shape index (κ2) is 7.13. The first kappa shape index (κ1) is 18.5. The lowest BCUT2D eigenvalue weighted by Gasteiger charge is -2.33. The Morgan fingerprint density at radius 3 is 2.76 bits per heavy atom. The summed E-state index contributed by atoms with van der Waals surface area (Å²) in [6, 6.07) is 3.96. The van der Waals surface area contributed by atoms with Crippen LogP contribution in [0, 0.1) is 0 Å². The van der Waals surface area contributed by atoms with E-state index in [0.29, 0.717) is 29.0 Å². The van der Waals surface area contributed by atoms with E-state index in [1.54, 1.807) is 0 Å². The van der Waals surface area contributed by atoms with Crippen molar-refractivity contribution >= 4 is 28.1 Å². The maximum Gasteiger partial charge on any atom is 0.416 e. The van der Waals surface area contributed by atoms with Crippen LogP contribution in [0.1, 0.15) is 36.6 Å². The van der Waals surface area contributed by atoms with E-state index < -0.39 is 11.7 Å². The molecular weight excluding hydrogens is 371 g/mol. The van der Waals surface area contributed by atoms with E-state index >= 15 is 0 Å². The summed E-state index contributed by atoms with van der Waals surface area (Å²) in [5.74, 6) is 0. The normalized spacial score (nSPS) is 19.3. The van der Waals surface area contributed by atoms with Gasteiger partial charge in [-0.2, -0.15) is 13.2 Å². The summed E-state index contributed by atoms with van der Waals surface area (Å²) in [4.78, 5) is 7.48. The van der Waals surface area contributed by atoms with Gasteiger partial charge in [-0.3, -0.25) is 4.90 Å². The number of thiazole rings is 1. The number of anilines is 1. The van der Waals surface area contributed by atoms with E-state index in [1.165, 1.54) is 23.8 Å². The zero-order valence-corrected chi connectivity index (χ0v) is 15.3. The molecule has 0 amide bonds. The minimum absolute atomic E-state index is 0.0358. The third kappa shape index (κ3) is 4.27. The van der Waals surface area contributed by atoms with Crippen molar-refractivity contribution in [2.45, 2.75) is 44.9 Å². The molecule has 0 radical (unpaired) electrons. The number of piperidine rings is 1. The number of likely N-dealkylation sites (tertiary alicyclic amines) is 1.